The molecular weight excluding hydrogens is 734 g/mol. The topological polar surface area (TPSA) is 137 Å². The van der Waals surface area contributed by atoms with Crippen LogP contribution in [0.3, 0.4) is 0 Å². The molecule has 0 fully saturated rings. The molecule has 1 aliphatic rings. The molecule has 206 valence electrons. The molecule has 0 unspecified atom stereocenters. The third kappa shape index (κ3) is 7.84. The number of ether oxygens (including phenoxy) is 4. The number of nitrogens with zero attached hydrogens (tertiary/aromatic N) is 1. The lowest BCUT2D eigenvalue weighted by Crippen LogP contribution is -2.45. The van der Waals surface area contributed by atoms with E-state index in [0.29, 0.717) is 29.4 Å². The van der Waals surface area contributed by atoms with Crippen molar-refractivity contribution in [1.82, 2.24) is 16.1 Å². The highest BCUT2D eigenvalue weighted by Crippen LogP contribution is 2.34. The predicted molar refractivity (Wildman–Crippen MR) is 161 cm³/mol. The van der Waals surface area contributed by atoms with Gasteiger partial charge in [-0.15, -0.1) is 0 Å². The molecule has 2 aromatic rings. The van der Waals surface area contributed by atoms with E-state index in [0.717, 1.165) is 18.5 Å². The molecule has 0 radical (unpaired) electrons. The number of hydrogen-bond donors (Lipinski definition) is 3. The number of urea groups is 1. The molecular formula is C26H26I2N4O7. The van der Waals surface area contributed by atoms with Crippen molar-refractivity contribution >= 4 is 69.3 Å². The number of methoxy groups -OCH3 is 2. The molecule has 0 bridgehead atoms. The first-order valence-corrected chi connectivity index (χ1v) is 13.6. The van der Waals surface area contributed by atoms with Crippen LogP contribution < -0.4 is 30.3 Å². The van der Waals surface area contributed by atoms with Crippen LogP contribution in [0.2, 0.25) is 0 Å². The number of halogens is 2. The fourth-order valence-corrected chi connectivity index (χ4v) is 5.72. The highest BCUT2D eigenvalue weighted by atomic mass is 127. The molecule has 3 amide bonds. The molecule has 3 N–H and O–H groups in total. The monoisotopic (exact) mass is 760 g/mol. The van der Waals surface area contributed by atoms with Gasteiger partial charge >= 0.3 is 12.0 Å². The first-order chi connectivity index (χ1) is 18.7. The van der Waals surface area contributed by atoms with Gasteiger partial charge in [0.25, 0.3) is 5.91 Å². The number of hydrogen-bond acceptors (Lipinski definition) is 8. The minimum Gasteiger partial charge on any atom is -0.493 e. The SMILES string of the molecule is C=CCOc1c(I)cc(/C=N\NC(=O)COc2ccc([C@@H]3NC(=O)NC(C)=C3C(=O)OC)cc2OC)cc1I. The molecule has 0 saturated carbocycles. The molecule has 39 heavy (non-hydrogen) atoms. The molecule has 0 spiro atoms. The third-order valence-corrected chi connectivity index (χ3v) is 6.93. The highest BCUT2D eigenvalue weighted by molar-refractivity contribution is 14.1. The Balaban J connectivity index is 1.65. The number of carbonyl (C=O) groups is 3. The lowest BCUT2D eigenvalue weighted by atomic mass is 9.95. The van der Waals surface area contributed by atoms with Gasteiger partial charge < -0.3 is 29.6 Å². The zero-order valence-corrected chi connectivity index (χ0v) is 25.6. The molecule has 3 rings (SSSR count). The summed E-state index contributed by atoms with van der Waals surface area (Å²) in [5, 5.41) is 9.27. The Morgan fingerprint density at radius 3 is 2.49 bits per heavy atom. The Bertz CT molecular complexity index is 1320. The van der Waals surface area contributed by atoms with Crippen LogP contribution in [-0.2, 0) is 14.3 Å². The quantitative estimate of drug-likeness (QED) is 0.104. The number of allylic oxidation sites excluding steroid dienone is 1. The average molecular weight is 760 g/mol. The first kappa shape index (κ1) is 30.2. The van der Waals surface area contributed by atoms with E-state index in [1.807, 2.05) is 12.1 Å². The number of esters is 1. The van der Waals surface area contributed by atoms with Crippen molar-refractivity contribution in [3.8, 4) is 17.2 Å². The summed E-state index contributed by atoms with van der Waals surface area (Å²) in [6, 6.07) is 7.40. The van der Waals surface area contributed by atoms with Gasteiger partial charge in [-0.1, -0.05) is 18.7 Å². The van der Waals surface area contributed by atoms with Crippen molar-refractivity contribution in [2.75, 3.05) is 27.4 Å². The molecule has 2 aromatic carbocycles. The second kappa shape index (κ2) is 14.2. The summed E-state index contributed by atoms with van der Waals surface area (Å²) in [6.07, 6.45) is 3.20. The smallest absolute Gasteiger partial charge is 0.337 e. The van der Waals surface area contributed by atoms with Gasteiger partial charge in [0.2, 0.25) is 0 Å². The van der Waals surface area contributed by atoms with Gasteiger partial charge in [-0.3, -0.25) is 4.79 Å². The summed E-state index contributed by atoms with van der Waals surface area (Å²) in [7, 11) is 2.70. The third-order valence-electron chi connectivity index (χ3n) is 5.32. The number of benzene rings is 2. The summed E-state index contributed by atoms with van der Waals surface area (Å²) >= 11 is 4.35. The van der Waals surface area contributed by atoms with Gasteiger partial charge in [-0.25, -0.2) is 15.0 Å². The maximum atomic E-state index is 12.3. The van der Waals surface area contributed by atoms with Crippen LogP contribution in [0.1, 0.15) is 24.1 Å². The van der Waals surface area contributed by atoms with E-state index in [4.69, 9.17) is 18.9 Å². The van der Waals surface area contributed by atoms with Crippen LogP contribution in [0, 0.1) is 7.14 Å². The Morgan fingerprint density at radius 2 is 1.85 bits per heavy atom. The summed E-state index contributed by atoms with van der Waals surface area (Å²) in [5.41, 5.74) is 4.42. The van der Waals surface area contributed by atoms with Gasteiger partial charge in [0, 0.05) is 5.70 Å². The van der Waals surface area contributed by atoms with Crippen LogP contribution in [-0.4, -0.2) is 51.6 Å². The van der Waals surface area contributed by atoms with E-state index in [-0.39, 0.29) is 12.2 Å². The molecule has 13 heteroatoms. The first-order valence-electron chi connectivity index (χ1n) is 11.4. The van der Waals surface area contributed by atoms with Crippen LogP contribution >= 0.6 is 45.2 Å². The average Bonchev–Trinajstić information content (AvgIpc) is 2.90. The maximum Gasteiger partial charge on any atom is 0.337 e. The number of rotatable bonds is 11. The summed E-state index contributed by atoms with van der Waals surface area (Å²) < 4.78 is 23.4. The summed E-state index contributed by atoms with van der Waals surface area (Å²) in [6.45, 7) is 5.35. The van der Waals surface area contributed by atoms with Crippen molar-refractivity contribution in [3.05, 3.63) is 72.5 Å². The Morgan fingerprint density at radius 1 is 1.13 bits per heavy atom. The van der Waals surface area contributed by atoms with E-state index < -0.39 is 23.9 Å². The summed E-state index contributed by atoms with van der Waals surface area (Å²) in [5.74, 6) is 0.301. The van der Waals surface area contributed by atoms with Gasteiger partial charge in [0.05, 0.1) is 39.2 Å². The van der Waals surface area contributed by atoms with Crippen molar-refractivity contribution in [1.29, 1.82) is 0 Å². The maximum absolute atomic E-state index is 12.3. The van der Waals surface area contributed by atoms with Crippen LogP contribution in [0.5, 0.6) is 17.2 Å². The Kier molecular flexibility index (Phi) is 11.0. The predicted octanol–water partition coefficient (Wildman–Crippen LogP) is 3.80. The Labute approximate surface area is 252 Å². The largest absolute Gasteiger partial charge is 0.493 e. The van der Waals surface area contributed by atoms with Gasteiger partial charge in [0.15, 0.2) is 18.1 Å². The van der Waals surface area contributed by atoms with E-state index in [1.165, 1.54) is 20.4 Å². The van der Waals surface area contributed by atoms with Gasteiger partial charge in [0.1, 0.15) is 12.4 Å². The number of nitrogens with one attached hydrogen (secondary N) is 3. The van der Waals surface area contributed by atoms with E-state index in [1.54, 1.807) is 31.2 Å². The highest BCUT2D eigenvalue weighted by Gasteiger charge is 2.32. The number of carbonyl (C=O) groups excluding carboxylic acids is 3. The van der Waals surface area contributed by atoms with E-state index in [2.05, 4.69) is 72.9 Å². The minimum absolute atomic E-state index is 0.258. The van der Waals surface area contributed by atoms with Gasteiger partial charge in [-0.05, 0) is 87.5 Å². The van der Waals surface area contributed by atoms with E-state index in [9.17, 15) is 14.4 Å². The second-order valence-corrected chi connectivity index (χ2v) is 10.3. The van der Waals surface area contributed by atoms with Crippen LogP contribution in [0.4, 0.5) is 4.79 Å². The van der Waals surface area contributed by atoms with E-state index >= 15 is 0 Å². The zero-order chi connectivity index (χ0) is 28.5. The van der Waals surface area contributed by atoms with Crippen LogP contribution in [0.15, 0.2) is 59.4 Å². The van der Waals surface area contributed by atoms with Crippen LogP contribution in [0.25, 0.3) is 0 Å². The lowest BCUT2D eigenvalue weighted by Gasteiger charge is -2.28. The normalized spacial score (nSPS) is 14.8. The minimum atomic E-state index is -0.763. The molecule has 11 nitrogen and oxygen atoms in total. The number of amides is 3. The fraction of sp³-hybridized carbons (Fsp3) is 0.231. The zero-order valence-electron chi connectivity index (χ0n) is 21.3. The van der Waals surface area contributed by atoms with Gasteiger partial charge in [-0.2, -0.15) is 5.10 Å². The van der Waals surface area contributed by atoms with Crippen molar-refractivity contribution in [2.45, 2.75) is 13.0 Å². The molecule has 0 aromatic heterocycles. The number of hydrazone groups is 1. The van der Waals surface area contributed by atoms with Crippen molar-refractivity contribution in [2.24, 2.45) is 5.10 Å². The standard InChI is InChI=1S/C26H26I2N4O7/c1-5-8-38-24-17(27)9-15(10-18(24)28)12-29-32-21(33)13-39-19-7-6-16(11-20(19)36-3)23-22(25(34)37-4)14(2)30-26(35)31-23/h5-7,9-12,23H,1,8,13H2,2-4H3,(H,32,33)(H2,30,31,35)/b29-12-/t23-/m0/s1. The van der Waals surface area contributed by atoms with Crippen molar-refractivity contribution in [3.63, 3.8) is 0 Å². The second-order valence-electron chi connectivity index (χ2n) is 7.97. The fourth-order valence-electron chi connectivity index (χ4n) is 3.60. The lowest BCUT2D eigenvalue weighted by molar-refractivity contribution is -0.136. The molecule has 1 atom stereocenters. The Hall–Kier alpha value is -3.34. The van der Waals surface area contributed by atoms with Crippen molar-refractivity contribution < 1.29 is 33.3 Å². The molecule has 1 heterocycles. The molecule has 0 aliphatic carbocycles. The summed E-state index contributed by atoms with van der Waals surface area (Å²) in [4.78, 5) is 36.7. The molecule has 0 saturated heterocycles. The molecule has 1 aliphatic heterocycles.